The first kappa shape index (κ1) is 23.2. The maximum atomic E-state index is 14.9. The molecule has 2 heterocycles. The van der Waals surface area contributed by atoms with Crippen molar-refractivity contribution in [3.63, 3.8) is 0 Å². The Morgan fingerprint density at radius 1 is 1.15 bits per heavy atom. The lowest BCUT2D eigenvalue weighted by Gasteiger charge is -2.35. The van der Waals surface area contributed by atoms with Gasteiger partial charge in [0.05, 0.1) is 16.7 Å². The molecule has 34 heavy (non-hydrogen) atoms. The molecule has 4 aromatic rings. The van der Waals surface area contributed by atoms with Gasteiger partial charge in [-0.15, -0.1) is 12.4 Å². The number of H-pyrrole nitrogens is 1. The molecule has 5 rings (SSSR count). The van der Waals surface area contributed by atoms with Gasteiger partial charge in [0.25, 0.3) is 5.91 Å². The van der Waals surface area contributed by atoms with Crippen molar-refractivity contribution < 1.29 is 24.2 Å². The van der Waals surface area contributed by atoms with Gasteiger partial charge in [-0.1, -0.05) is 30.3 Å². The first-order chi connectivity index (χ1) is 15.7. The summed E-state index contributed by atoms with van der Waals surface area (Å²) in [6.45, 7) is 1.77. The predicted octanol–water partition coefficient (Wildman–Crippen LogP) is 4.40. The van der Waals surface area contributed by atoms with Gasteiger partial charge < -0.3 is 15.2 Å². The van der Waals surface area contributed by atoms with Crippen molar-refractivity contribution in [1.29, 1.82) is 0 Å². The number of nitrogens with one attached hydrogen (secondary N) is 1. The Balaban J connectivity index is 0.00000274. The predicted molar refractivity (Wildman–Crippen MR) is 127 cm³/mol. The molecule has 0 saturated carbocycles. The van der Waals surface area contributed by atoms with Crippen LogP contribution in [0.4, 0.5) is 20.8 Å². The number of hydrogen-bond acceptors (Lipinski definition) is 4. The van der Waals surface area contributed by atoms with Gasteiger partial charge in [-0.2, -0.15) is 0 Å². The lowest BCUT2D eigenvalue weighted by atomic mass is 9.93. The molecule has 1 atom stereocenters. The van der Waals surface area contributed by atoms with Gasteiger partial charge >= 0.3 is 6.09 Å². The average molecular weight is 483 g/mol. The largest absolute Gasteiger partial charge is 0.465 e. The number of carbonyl (C=O) groups excluding carboxylic acids is 1. The fourth-order valence-electron chi connectivity index (χ4n) is 4.18. The molecule has 0 spiro atoms. The fourth-order valence-corrected chi connectivity index (χ4v) is 4.18. The molecule has 0 bridgehead atoms. The summed E-state index contributed by atoms with van der Waals surface area (Å²) in [4.78, 5) is 33.9. The third-order valence-corrected chi connectivity index (χ3v) is 5.88. The number of nitrogens with zero attached hydrogens (tertiary/aromatic N) is 3. The molecule has 0 fully saturated rings. The van der Waals surface area contributed by atoms with Crippen LogP contribution in [-0.2, 0) is 5.72 Å². The smallest absolute Gasteiger partial charge is 0.413 e. The van der Waals surface area contributed by atoms with Crippen molar-refractivity contribution in [3.8, 4) is 0 Å². The van der Waals surface area contributed by atoms with E-state index < -0.39 is 23.5 Å². The van der Waals surface area contributed by atoms with Crippen molar-refractivity contribution in [3.05, 3.63) is 88.7 Å². The Labute approximate surface area is 199 Å². The molecule has 3 aromatic carbocycles. The Morgan fingerprint density at radius 3 is 2.62 bits per heavy atom. The van der Waals surface area contributed by atoms with Crippen LogP contribution in [0.25, 0.3) is 11.0 Å². The summed E-state index contributed by atoms with van der Waals surface area (Å²) in [7, 11) is 1.35. The van der Waals surface area contributed by atoms with E-state index in [1.165, 1.54) is 19.2 Å². The summed E-state index contributed by atoms with van der Waals surface area (Å²) in [6.07, 6.45) is -1.19. The van der Waals surface area contributed by atoms with E-state index in [0.29, 0.717) is 16.6 Å². The molecule has 1 unspecified atom stereocenters. The topological polar surface area (TPSA) is 110 Å². The molecule has 10 heteroatoms. The molecule has 2 amide bonds. The van der Waals surface area contributed by atoms with Crippen LogP contribution >= 0.6 is 12.4 Å². The zero-order chi connectivity index (χ0) is 23.5. The molecule has 0 radical (unpaired) electrons. The minimum absolute atomic E-state index is 0. The van der Waals surface area contributed by atoms with Crippen molar-refractivity contribution in [1.82, 2.24) is 9.97 Å². The first-order valence-corrected chi connectivity index (χ1v) is 10.1. The van der Waals surface area contributed by atoms with Gasteiger partial charge in [0, 0.05) is 23.7 Å². The first-order valence-electron chi connectivity index (χ1n) is 10.1. The van der Waals surface area contributed by atoms with Crippen LogP contribution < -0.4 is 9.80 Å². The summed E-state index contributed by atoms with van der Waals surface area (Å²) in [6, 6.07) is 15.7. The molecule has 1 aliphatic rings. The number of fused-ring (bicyclic) bond motifs is 2. The second kappa shape index (κ2) is 8.12. The number of benzene rings is 3. The number of halogens is 2. The maximum absolute atomic E-state index is 14.9. The minimum Gasteiger partial charge on any atom is -0.465 e. The molecule has 3 N–H and O–H groups in total. The standard InChI is InChI=1S/C24H19FN4O4.ClH/c1-13-7-9-17(25)20(11-13)29-21(30)15-5-3-4-6-16(15)24(29,33)14-8-10-18-19(12-14)27-22(26-18)28(2)23(31)32;/h3-12,33H,1-2H3,(H,26,27)(H,31,32);1H. The zero-order valence-electron chi connectivity index (χ0n) is 18.1. The quantitative estimate of drug-likeness (QED) is 0.401. The van der Waals surface area contributed by atoms with E-state index in [0.717, 1.165) is 15.4 Å². The number of hydrogen-bond donors (Lipinski definition) is 3. The summed E-state index contributed by atoms with van der Waals surface area (Å²) >= 11 is 0. The van der Waals surface area contributed by atoms with Gasteiger partial charge in [-0.05, 0) is 42.8 Å². The number of aromatic amines is 1. The van der Waals surface area contributed by atoms with Crippen molar-refractivity contribution in [2.75, 3.05) is 16.8 Å². The summed E-state index contributed by atoms with van der Waals surface area (Å²) in [5.74, 6) is -1.08. The zero-order valence-corrected chi connectivity index (χ0v) is 18.9. The van der Waals surface area contributed by atoms with Gasteiger partial charge in [0.2, 0.25) is 5.95 Å². The van der Waals surface area contributed by atoms with Gasteiger partial charge in [0.15, 0.2) is 5.72 Å². The number of aromatic nitrogens is 2. The van der Waals surface area contributed by atoms with Crippen LogP contribution in [0.2, 0.25) is 0 Å². The summed E-state index contributed by atoms with van der Waals surface area (Å²) in [5, 5.41) is 21.3. The molecular weight excluding hydrogens is 463 g/mol. The van der Waals surface area contributed by atoms with Crippen molar-refractivity contribution >= 4 is 47.1 Å². The van der Waals surface area contributed by atoms with Crippen LogP contribution in [0.1, 0.15) is 27.0 Å². The highest BCUT2D eigenvalue weighted by molar-refractivity contribution is 6.12. The van der Waals surface area contributed by atoms with E-state index in [1.54, 1.807) is 55.5 Å². The lowest BCUT2D eigenvalue weighted by molar-refractivity contribution is 0.0699. The number of aryl methyl sites for hydroxylation is 1. The molecule has 1 aliphatic heterocycles. The SMILES string of the molecule is Cc1ccc(F)c(N2C(=O)c3ccccc3C2(O)c2ccc3[nH]c(N(C)C(=O)O)nc3c2)c1.Cl. The van der Waals surface area contributed by atoms with Gasteiger partial charge in [0.1, 0.15) is 5.82 Å². The van der Waals surface area contributed by atoms with Gasteiger partial charge in [-0.3, -0.25) is 14.6 Å². The van der Waals surface area contributed by atoms with Crippen LogP contribution in [0.15, 0.2) is 60.7 Å². The summed E-state index contributed by atoms with van der Waals surface area (Å²) < 4.78 is 14.9. The highest BCUT2D eigenvalue weighted by atomic mass is 35.5. The van der Waals surface area contributed by atoms with E-state index in [9.17, 15) is 24.2 Å². The monoisotopic (exact) mass is 482 g/mol. The fraction of sp³-hybridized carbons (Fsp3) is 0.125. The molecule has 1 aromatic heterocycles. The normalized spacial score (nSPS) is 16.9. The van der Waals surface area contributed by atoms with E-state index in [4.69, 9.17) is 0 Å². The van der Waals surface area contributed by atoms with Crippen LogP contribution in [-0.4, -0.2) is 39.2 Å². The van der Waals surface area contributed by atoms with E-state index in [2.05, 4.69) is 9.97 Å². The third kappa shape index (κ3) is 3.28. The third-order valence-electron chi connectivity index (χ3n) is 5.88. The molecule has 0 aliphatic carbocycles. The number of amides is 2. The number of imidazole rings is 1. The lowest BCUT2D eigenvalue weighted by Crippen LogP contribution is -2.45. The second-order valence-electron chi connectivity index (χ2n) is 7.95. The van der Waals surface area contributed by atoms with Crippen LogP contribution in [0.3, 0.4) is 0 Å². The van der Waals surface area contributed by atoms with E-state index >= 15 is 0 Å². The highest BCUT2D eigenvalue weighted by Gasteiger charge is 2.51. The Morgan fingerprint density at radius 2 is 1.88 bits per heavy atom. The Hall–Kier alpha value is -3.95. The second-order valence-corrected chi connectivity index (χ2v) is 7.95. The number of carboxylic acid groups (broad SMARTS) is 1. The molecule has 174 valence electrons. The Bertz CT molecular complexity index is 1460. The number of rotatable bonds is 3. The minimum atomic E-state index is -2.01. The van der Waals surface area contributed by atoms with Gasteiger partial charge in [-0.25, -0.2) is 14.2 Å². The van der Waals surface area contributed by atoms with Crippen LogP contribution in [0.5, 0.6) is 0 Å². The maximum Gasteiger partial charge on any atom is 0.413 e. The van der Waals surface area contributed by atoms with E-state index in [1.807, 2.05) is 0 Å². The number of anilines is 2. The summed E-state index contributed by atoms with van der Waals surface area (Å²) in [5.41, 5.74) is 0.442. The van der Waals surface area contributed by atoms with Crippen LogP contribution in [0, 0.1) is 12.7 Å². The number of carbonyl (C=O) groups is 2. The molecule has 0 saturated heterocycles. The molecule has 8 nitrogen and oxygen atoms in total. The van der Waals surface area contributed by atoms with Crippen molar-refractivity contribution in [2.45, 2.75) is 12.6 Å². The van der Waals surface area contributed by atoms with E-state index in [-0.39, 0.29) is 35.2 Å². The number of aliphatic hydroxyl groups is 1. The van der Waals surface area contributed by atoms with Crippen molar-refractivity contribution in [2.24, 2.45) is 0 Å². The molecular formula is C24H20ClFN4O4. The average Bonchev–Trinajstić information content (AvgIpc) is 3.32. The Kier molecular flexibility index (Phi) is 5.55. The highest BCUT2D eigenvalue weighted by Crippen LogP contribution is 2.46.